The summed E-state index contributed by atoms with van der Waals surface area (Å²) in [5.74, 6) is 0.858. The number of imidazole rings is 1. The van der Waals surface area contributed by atoms with Gasteiger partial charge in [0.2, 0.25) is 5.95 Å². The van der Waals surface area contributed by atoms with Gasteiger partial charge in [-0.15, -0.1) is 6.58 Å². The third-order valence-electron chi connectivity index (χ3n) is 2.61. The molecule has 0 bridgehead atoms. The van der Waals surface area contributed by atoms with Crippen LogP contribution >= 0.6 is 0 Å². The van der Waals surface area contributed by atoms with E-state index in [9.17, 15) is 0 Å². The lowest BCUT2D eigenvalue weighted by atomic mass is 10.2. The molecule has 2 rings (SSSR count). The minimum Gasteiger partial charge on any atom is -0.325 e. The average molecular weight is 227 g/mol. The first-order chi connectivity index (χ1) is 8.20. The van der Waals surface area contributed by atoms with Crippen LogP contribution in [0.5, 0.6) is 0 Å². The van der Waals surface area contributed by atoms with Crippen LogP contribution in [0, 0.1) is 13.8 Å². The summed E-state index contributed by atoms with van der Waals surface area (Å²) in [5, 5.41) is 3.35. The van der Waals surface area contributed by atoms with Gasteiger partial charge >= 0.3 is 0 Å². The lowest BCUT2D eigenvalue weighted by Crippen LogP contribution is -2.02. The van der Waals surface area contributed by atoms with Crippen LogP contribution in [-0.2, 0) is 6.54 Å². The molecule has 1 aromatic heterocycles. The lowest BCUT2D eigenvalue weighted by molar-refractivity contribution is 0.832. The number of allylic oxidation sites excluding steroid dienone is 1. The lowest BCUT2D eigenvalue weighted by Gasteiger charge is -2.09. The molecule has 0 saturated carbocycles. The van der Waals surface area contributed by atoms with Crippen molar-refractivity contribution in [3.8, 4) is 0 Å². The molecule has 3 heteroatoms. The summed E-state index contributed by atoms with van der Waals surface area (Å²) in [6.45, 7) is 8.58. The highest BCUT2D eigenvalue weighted by Gasteiger charge is 2.05. The summed E-state index contributed by atoms with van der Waals surface area (Å²) >= 11 is 0. The van der Waals surface area contributed by atoms with Crippen LogP contribution in [0.1, 0.15) is 11.3 Å². The van der Waals surface area contributed by atoms with Crippen molar-refractivity contribution in [2.45, 2.75) is 20.4 Å². The van der Waals surface area contributed by atoms with Gasteiger partial charge in [-0.05, 0) is 25.5 Å². The predicted molar refractivity (Wildman–Crippen MR) is 71.6 cm³/mol. The molecule has 0 aliphatic rings. The number of aryl methyl sites for hydroxylation is 2. The van der Waals surface area contributed by atoms with Crippen LogP contribution in [0.4, 0.5) is 11.6 Å². The zero-order chi connectivity index (χ0) is 12.3. The van der Waals surface area contributed by atoms with E-state index in [0.717, 1.165) is 23.9 Å². The number of anilines is 2. The van der Waals surface area contributed by atoms with Crippen LogP contribution in [0.2, 0.25) is 0 Å². The number of para-hydroxylation sites is 1. The van der Waals surface area contributed by atoms with E-state index < -0.39 is 0 Å². The number of hydrogen-bond donors (Lipinski definition) is 1. The first-order valence-electron chi connectivity index (χ1n) is 5.68. The van der Waals surface area contributed by atoms with Crippen molar-refractivity contribution in [3.63, 3.8) is 0 Å². The highest BCUT2D eigenvalue weighted by atomic mass is 15.2. The normalized spacial score (nSPS) is 10.2. The fourth-order valence-electron chi connectivity index (χ4n) is 1.76. The maximum Gasteiger partial charge on any atom is 0.207 e. The summed E-state index contributed by atoms with van der Waals surface area (Å²) < 4.78 is 2.05. The first-order valence-corrected chi connectivity index (χ1v) is 5.68. The largest absolute Gasteiger partial charge is 0.325 e. The molecule has 0 spiro atoms. The van der Waals surface area contributed by atoms with E-state index in [-0.39, 0.29) is 0 Å². The maximum absolute atomic E-state index is 4.47. The molecule has 0 aliphatic heterocycles. The minimum atomic E-state index is 0.759. The Hall–Kier alpha value is -2.03. The molecule has 0 radical (unpaired) electrons. The predicted octanol–water partition coefficient (Wildman–Crippen LogP) is 3.43. The third kappa shape index (κ3) is 2.56. The van der Waals surface area contributed by atoms with Gasteiger partial charge in [-0.3, -0.25) is 0 Å². The van der Waals surface area contributed by atoms with Crippen molar-refractivity contribution in [1.82, 2.24) is 9.55 Å². The van der Waals surface area contributed by atoms with Gasteiger partial charge in [-0.1, -0.05) is 24.3 Å². The molecule has 0 amide bonds. The van der Waals surface area contributed by atoms with Crippen molar-refractivity contribution in [1.29, 1.82) is 0 Å². The number of aromatic nitrogens is 2. The van der Waals surface area contributed by atoms with Crippen LogP contribution in [0.15, 0.2) is 43.1 Å². The van der Waals surface area contributed by atoms with E-state index in [1.807, 2.05) is 31.3 Å². The Balaban J connectivity index is 2.29. The topological polar surface area (TPSA) is 29.9 Å². The Morgan fingerprint density at radius 1 is 1.35 bits per heavy atom. The van der Waals surface area contributed by atoms with Gasteiger partial charge in [0.25, 0.3) is 0 Å². The summed E-state index contributed by atoms with van der Waals surface area (Å²) in [5.41, 5.74) is 3.30. The molecule has 0 unspecified atom stereocenters. The fraction of sp³-hybridized carbons (Fsp3) is 0.214. The SMILES string of the molecule is C=CCn1cc(C)nc1Nc1ccccc1C. The summed E-state index contributed by atoms with van der Waals surface area (Å²) in [4.78, 5) is 4.47. The molecule has 0 aliphatic carbocycles. The minimum absolute atomic E-state index is 0.759. The van der Waals surface area contributed by atoms with E-state index in [1.165, 1.54) is 5.56 Å². The Morgan fingerprint density at radius 3 is 2.82 bits per heavy atom. The van der Waals surface area contributed by atoms with Crippen LogP contribution in [0.3, 0.4) is 0 Å². The molecule has 1 aromatic carbocycles. The zero-order valence-electron chi connectivity index (χ0n) is 10.3. The molecule has 2 aromatic rings. The van der Waals surface area contributed by atoms with Gasteiger partial charge in [0.1, 0.15) is 0 Å². The van der Waals surface area contributed by atoms with Crippen LogP contribution < -0.4 is 5.32 Å². The molecule has 17 heavy (non-hydrogen) atoms. The van der Waals surface area contributed by atoms with Gasteiger partial charge in [0, 0.05) is 18.4 Å². The van der Waals surface area contributed by atoms with Gasteiger partial charge in [-0.2, -0.15) is 0 Å². The highest BCUT2D eigenvalue weighted by molar-refractivity contribution is 5.58. The number of rotatable bonds is 4. The maximum atomic E-state index is 4.47. The molecule has 0 saturated heterocycles. The van der Waals surface area contributed by atoms with Crippen molar-refractivity contribution in [3.05, 3.63) is 54.4 Å². The summed E-state index contributed by atoms with van der Waals surface area (Å²) in [6.07, 6.45) is 3.88. The third-order valence-corrected chi connectivity index (χ3v) is 2.61. The van der Waals surface area contributed by atoms with Gasteiger partial charge < -0.3 is 9.88 Å². The first kappa shape index (κ1) is 11.5. The van der Waals surface area contributed by atoms with Gasteiger partial charge in [0.05, 0.1) is 5.69 Å². The van der Waals surface area contributed by atoms with Crippen LogP contribution in [0.25, 0.3) is 0 Å². The fourth-order valence-corrected chi connectivity index (χ4v) is 1.76. The molecule has 3 nitrogen and oxygen atoms in total. The van der Waals surface area contributed by atoms with E-state index in [4.69, 9.17) is 0 Å². The molecule has 0 fully saturated rings. The van der Waals surface area contributed by atoms with E-state index in [0.29, 0.717) is 0 Å². The smallest absolute Gasteiger partial charge is 0.207 e. The molecule has 88 valence electrons. The van der Waals surface area contributed by atoms with Crippen molar-refractivity contribution in [2.24, 2.45) is 0 Å². The van der Waals surface area contributed by atoms with Crippen molar-refractivity contribution in [2.75, 3.05) is 5.32 Å². The number of benzene rings is 1. The van der Waals surface area contributed by atoms with Crippen molar-refractivity contribution >= 4 is 11.6 Å². The molecular formula is C14H17N3. The molecule has 1 N–H and O–H groups in total. The second-order valence-corrected chi connectivity index (χ2v) is 4.09. The summed E-state index contributed by atoms with van der Waals surface area (Å²) in [6, 6.07) is 8.18. The highest BCUT2D eigenvalue weighted by Crippen LogP contribution is 2.19. The zero-order valence-corrected chi connectivity index (χ0v) is 10.3. The van der Waals surface area contributed by atoms with Gasteiger partial charge in [0.15, 0.2) is 0 Å². The standard InChI is InChI=1S/C14H17N3/c1-4-9-17-10-12(3)15-14(17)16-13-8-6-5-7-11(13)2/h4-8,10H,1,9H2,2-3H3,(H,15,16). The summed E-state index contributed by atoms with van der Waals surface area (Å²) in [7, 11) is 0. The number of nitrogens with zero attached hydrogens (tertiary/aromatic N) is 2. The van der Waals surface area contributed by atoms with Crippen molar-refractivity contribution < 1.29 is 0 Å². The second kappa shape index (κ2) is 4.87. The molecule has 0 atom stereocenters. The Bertz CT molecular complexity index is 526. The monoisotopic (exact) mass is 227 g/mol. The second-order valence-electron chi connectivity index (χ2n) is 4.09. The Morgan fingerprint density at radius 2 is 2.12 bits per heavy atom. The van der Waals surface area contributed by atoms with E-state index >= 15 is 0 Å². The Labute approximate surface area is 102 Å². The van der Waals surface area contributed by atoms with E-state index in [2.05, 4.69) is 40.5 Å². The number of nitrogens with one attached hydrogen (secondary N) is 1. The van der Waals surface area contributed by atoms with E-state index in [1.54, 1.807) is 0 Å². The number of hydrogen-bond acceptors (Lipinski definition) is 2. The van der Waals surface area contributed by atoms with Crippen LogP contribution in [-0.4, -0.2) is 9.55 Å². The quantitative estimate of drug-likeness (QED) is 0.811. The Kier molecular flexibility index (Phi) is 3.28. The van der Waals surface area contributed by atoms with Gasteiger partial charge in [-0.25, -0.2) is 4.98 Å². The molecular weight excluding hydrogens is 210 g/mol. The molecule has 1 heterocycles. The average Bonchev–Trinajstić information content (AvgIpc) is 2.63.